The number of carbonyl (C=O) groups excluding carboxylic acids is 1. The van der Waals surface area contributed by atoms with Crippen molar-refractivity contribution in [1.82, 2.24) is 5.48 Å². The molecule has 0 aromatic carbocycles. The Kier molecular flexibility index (Phi) is 6.23. The van der Waals surface area contributed by atoms with Gasteiger partial charge in [-0.2, -0.15) is 5.48 Å². The highest BCUT2D eigenvalue weighted by atomic mass is 16.7. The molecule has 0 saturated heterocycles. The standard InChI is InChI=1S/C9H19NO4/c1-9(2,3)14-8(12)10-13-7-5-4-6-11/h11H,4-7H2,1-3H3,(H,10,12). The van der Waals surface area contributed by atoms with E-state index < -0.39 is 11.7 Å². The number of hydrogen-bond donors (Lipinski definition) is 2. The molecule has 0 aliphatic carbocycles. The van der Waals surface area contributed by atoms with E-state index in [1.165, 1.54) is 0 Å². The number of nitrogens with one attached hydrogen (secondary N) is 1. The lowest BCUT2D eigenvalue weighted by atomic mass is 10.2. The fourth-order valence-electron chi connectivity index (χ4n) is 0.695. The van der Waals surface area contributed by atoms with Gasteiger partial charge in [0, 0.05) is 6.61 Å². The Hall–Kier alpha value is -0.810. The van der Waals surface area contributed by atoms with Crippen molar-refractivity contribution in [1.29, 1.82) is 0 Å². The van der Waals surface area contributed by atoms with Gasteiger partial charge in [-0.3, -0.25) is 4.84 Å². The highest BCUT2D eigenvalue weighted by Gasteiger charge is 2.15. The Morgan fingerprint density at radius 3 is 2.50 bits per heavy atom. The summed E-state index contributed by atoms with van der Waals surface area (Å²) in [6.07, 6.45) is 0.768. The highest BCUT2D eigenvalue weighted by molar-refractivity contribution is 5.66. The maximum atomic E-state index is 11.0. The second-order valence-corrected chi connectivity index (χ2v) is 3.88. The Morgan fingerprint density at radius 1 is 1.36 bits per heavy atom. The summed E-state index contributed by atoms with van der Waals surface area (Å²) in [5.41, 5.74) is 1.64. The van der Waals surface area contributed by atoms with Crippen LogP contribution in [-0.2, 0) is 9.57 Å². The van der Waals surface area contributed by atoms with Crippen molar-refractivity contribution in [3.05, 3.63) is 0 Å². The second-order valence-electron chi connectivity index (χ2n) is 3.88. The van der Waals surface area contributed by atoms with Crippen molar-refractivity contribution in [2.24, 2.45) is 0 Å². The van der Waals surface area contributed by atoms with Gasteiger partial charge < -0.3 is 9.84 Å². The SMILES string of the molecule is CC(C)(C)OC(=O)NOCCCCO. The van der Waals surface area contributed by atoms with Gasteiger partial charge in [0.25, 0.3) is 0 Å². The van der Waals surface area contributed by atoms with E-state index in [-0.39, 0.29) is 6.61 Å². The Labute approximate surface area is 84.3 Å². The first-order valence-electron chi connectivity index (χ1n) is 4.67. The minimum Gasteiger partial charge on any atom is -0.442 e. The third-order valence-corrected chi connectivity index (χ3v) is 1.21. The summed E-state index contributed by atoms with van der Waals surface area (Å²) in [4.78, 5) is 15.8. The van der Waals surface area contributed by atoms with Crippen LogP contribution in [-0.4, -0.2) is 30.0 Å². The molecule has 2 N–H and O–H groups in total. The number of ether oxygens (including phenoxy) is 1. The molecule has 5 heteroatoms. The van der Waals surface area contributed by atoms with Crippen molar-refractivity contribution < 1.29 is 19.5 Å². The van der Waals surface area contributed by atoms with Crippen molar-refractivity contribution in [3.8, 4) is 0 Å². The first kappa shape index (κ1) is 13.2. The van der Waals surface area contributed by atoms with Crippen LogP contribution in [0.15, 0.2) is 0 Å². The van der Waals surface area contributed by atoms with E-state index in [1.807, 2.05) is 0 Å². The molecule has 0 aliphatic rings. The van der Waals surface area contributed by atoms with Crippen LogP contribution in [0.2, 0.25) is 0 Å². The van der Waals surface area contributed by atoms with Crippen molar-refractivity contribution in [3.63, 3.8) is 0 Å². The molecule has 0 bridgehead atoms. The van der Waals surface area contributed by atoms with Gasteiger partial charge in [-0.1, -0.05) is 0 Å². The van der Waals surface area contributed by atoms with Crippen molar-refractivity contribution in [2.45, 2.75) is 39.2 Å². The third kappa shape index (κ3) is 9.28. The Morgan fingerprint density at radius 2 is 2.00 bits per heavy atom. The fraction of sp³-hybridized carbons (Fsp3) is 0.889. The number of amides is 1. The minimum absolute atomic E-state index is 0.135. The molecule has 0 unspecified atom stereocenters. The molecule has 0 saturated carbocycles. The van der Waals surface area contributed by atoms with Crippen molar-refractivity contribution in [2.75, 3.05) is 13.2 Å². The summed E-state index contributed by atoms with van der Waals surface area (Å²) in [5, 5.41) is 8.46. The van der Waals surface area contributed by atoms with Gasteiger partial charge in [-0.05, 0) is 33.6 Å². The zero-order valence-electron chi connectivity index (χ0n) is 9.00. The topological polar surface area (TPSA) is 67.8 Å². The molecule has 0 heterocycles. The largest absolute Gasteiger partial charge is 0.442 e. The summed E-state index contributed by atoms with van der Waals surface area (Å²) in [6, 6.07) is 0. The smallest absolute Gasteiger partial charge is 0.431 e. The van der Waals surface area contributed by atoms with Gasteiger partial charge >= 0.3 is 6.09 Å². The zero-order valence-corrected chi connectivity index (χ0v) is 9.00. The minimum atomic E-state index is -0.596. The predicted molar refractivity (Wildman–Crippen MR) is 51.6 cm³/mol. The van der Waals surface area contributed by atoms with E-state index in [4.69, 9.17) is 14.7 Å². The summed E-state index contributed by atoms with van der Waals surface area (Å²) < 4.78 is 4.92. The van der Waals surface area contributed by atoms with Crippen LogP contribution in [0.25, 0.3) is 0 Å². The van der Waals surface area contributed by atoms with E-state index >= 15 is 0 Å². The average molecular weight is 205 g/mol. The lowest BCUT2D eigenvalue weighted by molar-refractivity contribution is -0.00904. The molecule has 0 fully saturated rings. The van der Waals surface area contributed by atoms with Crippen LogP contribution < -0.4 is 5.48 Å². The fourth-order valence-corrected chi connectivity index (χ4v) is 0.695. The predicted octanol–water partition coefficient (Wildman–Crippen LogP) is 1.22. The van der Waals surface area contributed by atoms with E-state index in [2.05, 4.69) is 5.48 Å². The number of aliphatic hydroxyl groups is 1. The number of unbranched alkanes of at least 4 members (excludes halogenated alkanes) is 1. The van der Waals surface area contributed by atoms with Gasteiger partial charge in [0.1, 0.15) is 5.60 Å². The van der Waals surface area contributed by atoms with Crippen LogP contribution in [0.3, 0.4) is 0 Å². The second kappa shape index (κ2) is 6.62. The van der Waals surface area contributed by atoms with Crippen LogP contribution in [0.5, 0.6) is 0 Å². The lowest BCUT2D eigenvalue weighted by Crippen LogP contribution is -2.32. The summed E-state index contributed by atoms with van der Waals surface area (Å²) in [5.74, 6) is 0. The quantitative estimate of drug-likeness (QED) is 0.523. The third-order valence-electron chi connectivity index (χ3n) is 1.21. The average Bonchev–Trinajstić information content (AvgIpc) is 2.00. The van der Waals surface area contributed by atoms with Crippen LogP contribution in [0.4, 0.5) is 4.79 Å². The molecule has 14 heavy (non-hydrogen) atoms. The number of hydroxylamine groups is 1. The molecule has 0 radical (unpaired) electrons. The van der Waals surface area contributed by atoms with Gasteiger partial charge in [0.2, 0.25) is 0 Å². The van der Waals surface area contributed by atoms with Gasteiger partial charge in [0.05, 0.1) is 6.61 Å². The number of rotatable bonds is 5. The van der Waals surface area contributed by atoms with E-state index in [0.717, 1.165) is 0 Å². The normalized spacial score (nSPS) is 11.1. The van der Waals surface area contributed by atoms with Gasteiger partial charge in [0.15, 0.2) is 0 Å². The van der Waals surface area contributed by atoms with Crippen molar-refractivity contribution >= 4 is 6.09 Å². The summed E-state index contributed by atoms with van der Waals surface area (Å²) in [7, 11) is 0. The molecule has 0 aromatic heterocycles. The Balaban J connectivity index is 3.36. The molecule has 0 aliphatic heterocycles. The molecule has 1 amide bonds. The number of carbonyl (C=O) groups is 1. The Bertz CT molecular complexity index is 165. The van der Waals surface area contributed by atoms with Gasteiger partial charge in [-0.25, -0.2) is 4.79 Å². The molecule has 0 spiro atoms. The molecule has 0 atom stereocenters. The number of hydrogen-bond acceptors (Lipinski definition) is 4. The van der Waals surface area contributed by atoms with E-state index in [1.54, 1.807) is 20.8 Å². The molecule has 0 aromatic rings. The first-order chi connectivity index (χ1) is 6.45. The monoisotopic (exact) mass is 205 g/mol. The van der Waals surface area contributed by atoms with E-state index in [0.29, 0.717) is 19.4 Å². The number of aliphatic hydroxyl groups excluding tert-OH is 1. The highest BCUT2D eigenvalue weighted by Crippen LogP contribution is 2.06. The molecular weight excluding hydrogens is 186 g/mol. The zero-order chi connectivity index (χ0) is 11.0. The lowest BCUT2D eigenvalue weighted by Gasteiger charge is -2.19. The van der Waals surface area contributed by atoms with Crippen LogP contribution >= 0.6 is 0 Å². The molecule has 84 valence electrons. The molecular formula is C9H19NO4. The van der Waals surface area contributed by atoms with Crippen LogP contribution in [0.1, 0.15) is 33.6 Å². The maximum absolute atomic E-state index is 11.0. The first-order valence-corrected chi connectivity index (χ1v) is 4.67. The van der Waals surface area contributed by atoms with Crippen LogP contribution in [0, 0.1) is 0 Å². The maximum Gasteiger partial charge on any atom is 0.431 e. The summed E-state index contributed by atoms with van der Waals surface area (Å²) in [6.45, 7) is 5.84. The summed E-state index contributed by atoms with van der Waals surface area (Å²) >= 11 is 0. The molecule has 0 rings (SSSR count). The van der Waals surface area contributed by atoms with Gasteiger partial charge in [-0.15, -0.1) is 0 Å². The van der Waals surface area contributed by atoms with E-state index in [9.17, 15) is 4.79 Å². The molecule has 5 nitrogen and oxygen atoms in total.